The molecule has 3 fully saturated rings. The highest BCUT2D eigenvalue weighted by Crippen LogP contribution is 2.70. The minimum absolute atomic E-state index is 0.000127. The SMILES string of the molecule is CC1(C)OB(C2=CC3OC4=CCCC=C4C4(C3C=C2)C2C=CC=CC2C2C=CCCC24)OC1(C)C. The number of hydrogen-bond acceptors (Lipinski definition) is 3. The minimum Gasteiger partial charge on any atom is -0.486 e. The van der Waals surface area contributed by atoms with Crippen molar-refractivity contribution in [3.8, 4) is 0 Å². The van der Waals surface area contributed by atoms with E-state index >= 15 is 0 Å². The third-order valence-electron chi connectivity index (χ3n) is 10.4. The first kappa shape index (κ1) is 22.2. The standard InChI is InChI=1S/C31H37BO3/c1-29(2)30(3,4)35-32(34-29)20-17-18-26-28(19-20)33-27-16-10-9-15-25(27)31(26)23-13-7-5-11-21(23)22-12-6-8-14-24(22)31/h5-7,11-13,15-19,21-24,26,28H,8-10,14H2,1-4H3. The van der Waals surface area contributed by atoms with E-state index in [0.717, 1.165) is 24.1 Å². The summed E-state index contributed by atoms with van der Waals surface area (Å²) >= 11 is 0. The molecule has 1 saturated carbocycles. The lowest BCUT2D eigenvalue weighted by atomic mass is 9.52. The Bertz CT molecular complexity index is 1130. The summed E-state index contributed by atoms with van der Waals surface area (Å²) in [5, 5.41) is 0. The fourth-order valence-electron chi connectivity index (χ4n) is 8.20. The zero-order valence-electron chi connectivity index (χ0n) is 21.4. The first-order valence-electron chi connectivity index (χ1n) is 13.7. The molecule has 7 aliphatic rings. The van der Waals surface area contributed by atoms with Crippen molar-refractivity contribution in [3.63, 3.8) is 0 Å². The smallest absolute Gasteiger partial charge is 0.486 e. The van der Waals surface area contributed by atoms with Crippen LogP contribution in [0, 0.1) is 35.0 Å². The third-order valence-corrected chi connectivity index (χ3v) is 10.4. The highest BCUT2D eigenvalue weighted by atomic mass is 16.7. The Balaban J connectivity index is 1.34. The first-order chi connectivity index (χ1) is 16.8. The van der Waals surface area contributed by atoms with Gasteiger partial charge in [-0.1, -0.05) is 54.7 Å². The summed E-state index contributed by atoms with van der Waals surface area (Å²) < 4.78 is 19.7. The predicted octanol–water partition coefficient (Wildman–Crippen LogP) is 6.67. The zero-order valence-corrected chi connectivity index (χ0v) is 21.4. The van der Waals surface area contributed by atoms with E-state index in [2.05, 4.69) is 94.5 Å². The van der Waals surface area contributed by atoms with Gasteiger partial charge in [0.25, 0.3) is 0 Å². The van der Waals surface area contributed by atoms with Crippen molar-refractivity contribution in [1.29, 1.82) is 0 Å². The number of ether oxygens (including phenoxy) is 1. The molecule has 1 spiro atoms. The lowest BCUT2D eigenvalue weighted by Gasteiger charge is -2.55. The van der Waals surface area contributed by atoms with Crippen LogP contribution in [0.1, 0.15) is 53.4 Å². The van der Waals surface area contributed by atoms with Gasteiger partial charge >= 0.3 is 7.12 Å². The monoisotopic (exact) mass is 468 g/mol. The van der Waals surface area contributed by atoms with E-state index in [9.17, 15) is 0 Å². The average Bonchev–Trinajstić information content (AvgIpc) is 3.27. The van der Waals surface area contributed by atoms with E-state index in [1.807, 2.05) is 0 Å². The van der Waals surface area contributed by atoms with Gasteiger partial charge in [-0.2, -0.15) is 0 Å². The fraction of sp³-hybridized carbons (Fsp3) is 0.548. The van der Waals surface area contributed by atoms with E-state index in [0.29, 0.717) is 29.6 Å². The lowest BCUT2D eigenvalue weighted by molar-refractivity contribution is -0.0187. The van der Waals surface area contributed by atoms with Gasteiger partial charge < -0.3 is 14.0 Å². The topological polar surface area (TPSA) is 27.7 Å². The van der Waals surface area contributed by atoms with Crippen molar-refractivity contribution in [1.82, 2.24) is 0 Å². The Morgan fingerprint density at radius 3 is 2.43 bits per heavy atom. The van der Waals surface area contributed by atoms with Crippen LogP contribution >= 0.6 is 0 Å². The lowest BCUT2D eigenvalue weighted by Crippen LogP contribution is -2.52. The Morgan fingerprint density at radius 2 is 1.60 bits per heavy atom. The van der Waals surface area contributed by atoms with E-state index < -0.39 is 0 Å². The molecule has 3 nitrogen and oxygen atoms in total. The quantitative estimate of drug-likeness (QED) is 0.318. The number of rotatable bonds is 1. The molecular formula is C31H37BO3. The van der Waals surface area contributed by atoms with Gasteiger partial charge in [-0.05, 0) is 100 Å². The molecule has 4 heteroatoms. The van der Waals surface area contributed by atoms with Gasteiger partial charge in [-0.25, -0.2) is 0 Å². The molecule has 0 bridgehead atoms. The number of allylic oxidation sites excluding steroid dienone is 11. The highest BCUT2D eigenvalue weighted by Gasteiger charge is 2.66. The summed E-state index contributed by atoms with van der Waals surface area (Å²) in [5.41, 5.74) is 1.95. The molecule has 2 saturated heterocycles. The second kappa shape index (κ2) is 7.49. The number of hydrogen-bond donors (Lipinski definition) is 0. The van der Waals surface area contributed by atoms with Crippen LogP contribution in [-0.4, -0.2) is 24.4 Å². The number of fused-ring (bicyclic) bond motifs is 9. The second-order valence-electron chi connectivity index (χ2n) is 12.5. The van der Waals surface area contributed by atoms with Crippen molar-refractivity contribution >= 4 is 7.12 Å². The van der Waals surface area contributed by atoms with Gasteiger partial charge in [0.2, 0.25) is 0 Å². The van der Waals surface area contributed by atoms with Crippen molar-refractivity contribution < 1.29 is 14.0 Å². The van der Waals surface area contributed by atoms with Gasteiger partial charge in [0.05, 0.1) is 11.2 Å². The predicted molar refractivity (Wildman–Crippen MR) is 140 cm³/mol. The largest absolute Gasteiger partial charge is 0.494 e. The molecule has 0 N–H and O–H groups in total. The molecule has 0 aromatic carbocycles. The van der Waals surface area contributed by atoms with Crippen molar-refractivity contribution in [2.24, 2.45) is 35.0 Å². The molecular weight excluding hydrogens is 431 g/mol. The van der Waals surface area contributed by atoms with Crippen LogP contribution in [0.25, 0.3) is 0 Å². The molecule has 35 heavy (non-hydrogen) atoms. The van der Waals surface area contributed by atoms with Crippen LogP contribution in [0.3, 0.4) is 0 Å². The molecule has 5 aliphatic carbocycles. The molecule has 0 aromatic rings. The summed E-state index contributed by atoms with van der Waals surface area (Å²) in [4.78, 5) is 0. The Morgan fingerprint density at radius 1 is 0.829 bits per heavy atom. The van der Waals surface area contributed by atoms with Crippen molar-refractivity contribution in [3.05, 3.63) is 83.6 Å². The Kier molecular flexibility index (Phi) is 4.75. The molecule has 0 radical (unpaired) electrons. The molecule has 0 aromatic heterocycles. The first-order valence-corrected chi connectivity index (χ1v) is 13.7. The molecule has 182 valence electrons. The zero-order chi connectivity index (χ0) is 24.0. The maximum atomic E-state index is 6.83. The van der Waals surface area contributed by atoms with Crippen molar-refractivity contribution in [2.45, 2.75) is 70.7 Å². The van der Waals surface area contributed by atoms with E-state index in [4.69, 9.17) is 14.0 Å². The summed E-state index contributed by atoms with van der Waals surface area (Å²) in [5.74, 6) is 3.71. The summed E-state index contributed by atoms with van der Waals surface area (Å²) in [7, 11) is -0.353. The average molecular weight is 468 g/mol. The van der Waals surface area contributed by atoms with Gasteiger partial charge in [0.1, 0.15) is 11.9 Å². The van der Waals surface area contributed by atoms with Crippen LogP contribution in [-0.2, 0) is 14.0 Å². The van der Waals surface area contributed by atoms with Crippen molar-refractivity contribution in [2.75, 3.05) is 0 Å². The molecule has 2 heterocycles. The van der Waals surface area contributed by atoms with Gasteiger partial charge in [0.15, 0.2) is 0 Å². The fourth-order valence-corrected chi connectivity index (χ4v) is 8.20. The minimum atomic E-state index is -0.353. The highest BCUT2D eigenvalue weighted by molar-refractivity contribution is 6.55. The molecule has 7 unspecified atom stereocenters. The molecule has 7 rings (SSSR count). The Hall–Kier alpha value is -2.04. The van der Waals surface area contributed by atoms with Gasteiger partial charge in [-0.15, -0.1) is 0 Å². The summed E-state index contributed by atoms with van der Waals surface area (Å²) in [6.07, 6.45) is 31.1. The molecule has 0 amide bonds. The van der Waals surface area contributed by atoms with Crippen LogP contribution in [0.15, 0.2) is 83.6 Å². The van der Waals surface area contributed by atoms with Crippen LogP contribution in [0.2, 0.25) is 0 Å². The Labute approximate surface area is 210 Å². The van der Waals surface area contributed by atoms with Crippen LogP contribution in [0.5, 0.6) is 0 Å². The van der Waals surface area contributed by atoms with Gasteiger partial charge in [-0.3, -0.25) is 0 Å². The third kappa shape index (κ3) is 2.93. The maximum Gasteiger partial charge on any atom is 0.494 e. The van der Waals surface area contributed by atoms with Crippen LogP contribution in [0.4, 0.5) is 0 Å². The normalized spacial score (nSPS) is 43.5. The second-order valence-corrected chi connectivity index (χ2v) is 12.5. The van der Waals surface area contributed by atoms with E-state index in [1.165, 1.54) is 18.4 Å². The maximum absolute atomic E-state index is 6.83. The summed E-state index contributed by atoms with van der Waals surface area (Å²) in [6, 6.07) is 0. The van der Waals surface area contributed by atoms with Crippen LogP contribution < -0.4 is 0 Å². The van der Waals surface area contributed by atoms with E-state index in [1.54, 1.807) is 0 Å². The molecule has 2 aliphatic heterocycles. The molecule has 7 atom stereocenters. The van der Waals surface area contributed by atoms with Gasteiger partial charge in [0, 0.05) is 11.3 Å². The summed E-state index contributed by atoms with van der Waals surface area (Å²) in [6.45, 7) is 8.49. The van der Waals surface area contributed by atoms with E-state index in [-0.39, 0.29) is 29.8 Å².